The third kappa shape index (κ3) is 3.61. The lowest BCUT2D eigenvalue weighted by Crippen LogP contribution is -2.29. The van der Waals surface area contributed by atoms with Crippen molar-refractivity contribution in [3.05, 3.63) is 113 Å². The molecule has 1 saturated heterocycles. The number of rotatable bonds is 5. The Balaban J connectivity index is 1.56. The van der Waals surface area contributed by atoms with Gasteiger partial charge in [0, 0.05) is 29.6 Å². The zero-order valence-electron chi connectivity index (χ0n) is 16.8. The van der Waals surface area contributed by atoms with E-state index < -0.39 is 4.92 Å². The highest BCUT2D eigenvalue weighted by Gasteiger charge is 2.42. The van der Waals surface area contributed by atoms with Gasteiger partial charge in [-0.3, -0.25) is 15.1 Å². The van der Waals surface area contributed by atoms with Gasteiger partial charge in [0.2, 0.25) is 0 Å². The van der Waals surface area contributed by atoms with Crippen molar-refractivity contribution in [2.75, 3.05) is 4.90 Å². The van der Waals surface area contributed by atoms with E-state index in [0.29, 0.717) is 16.6 Å². The molecule has 0 saturated carbocycles. The zero-order valence-corrected chi connectivity index (χ0v) is 17.6. The first-order chi connectivity index (χ1) is 15.6. The first-order valence-corrected chi connectivity index (χ1v) is 10.4. The second-order valence-corrected chi connectivity index (χ2v) is 7.72. The number of nitro groups is 1. The molecule has 0 radical (unpaired) electrons. The van der Waals surface area contributed by atoms with Crippen LogP contribution >= 0.6 is 12.2 Å². The molecule has 1 N–H and O–H groups in total. The summed E-state index contributed by atoms with van der Waals surface area (Å²) in [4.78, 5) is 17.1. The maximum absolute atomic E-state index is 11.0. The Kier molecular flexibility index (Phi) is 5.12. The van der Waals surface area contributed by atoms with Gasteiger partial charge in [-0.2, -0.15) is 0 Å². The van der Waals surface area contributed by atoms with E-state index in [-0.39, 0.29) is 17.8 Å². The second-order valence-electron chi connectivity index (χ2n) is 7.34. The summed E-state index contributed by atoms with van der Waals surface area (Å²) in [6, 6.07) is 25.3. The molecule has 32 heavy (non-hydrogen) atoms. The summed E-state index contributed by atoms with van der Waals surface area (Å²) in [5, 5.41) is 14.9. The van der Waals surface area contributed by atoms with E-state index in [2.05, 4.69) is 10.3 Å². The molecule has 0 amide bonds. The number of para-hydroxylation sites is 1. The molecule has 1 aliphatic rings. The van der Waals surface area contributed by atoms with Crippen LogP contribution in [0.1, 0.15) is 23.5 Å². The maximum atomic E-state index is 11.0. The van der Waals surface area contributed by atoms with Crippen LogP contribution in [-0.4, -0.2) is 15.0 Å². The van der Waals surface area contributed by atoms with Crippen LogP contribution in [0, 0.1) is 10.1 Å². The molecule has 5 rings (SSSR count). The van der Waals surface area contributed by atoms with Crippen molar-refractivity contribution >= 4 is 28.7 Å². The van der Waals surface area contributed by atoms with Crippen LogP contribution in [-0.2, 0) is 0 Å². The Hall–Kier alpha value is -4.04. The van der Waals surface area contributed by atoms with Gasteiger partial charge in [0.1, 0.15) is 17.6 Å². The normalized spacial score (nSPS) is 17.9. The van der Waals surface area contributed by atoms with E-state index in [1.807, 2.05) is 65.6 Å². The third-order valence-electron chi connectivity index (χ3n) is 5.41. The number of thiocarbonyl (C=S) groups is 1. The lowest BCUT2D eigenvalue weighted by molar-refractivity contribution is -0.384. The quantitative estimate of drug-likeness (QED) is 0.251. The second kappa shape index (κ2) is 8.24. The highest BCUT2D eigenvalue weighted by atomic mass is 32.1. The Morgan fingerprint density at radius 1 is 0.969 bits per heavy atom. The Bertz CT molecular complexity index is 1260. The summed E-state index contributed by atoms with van der Waals surface area (Å²) in [6.45, 7) is 0. The van der Waals surface area contributed by atoms with Gasteiger partial charge in [-0.25, -0.2) is 0 Å². The molecule has 1 fully saturated rings. The molecule has 7 nitrogen and oxygen atoms in total. The highest BCUT2D eigenvalue weighted by Crippen LogP contribution is 2.42. The van der Waals surface area contributed by atoms with Gasteiger partial charge in [-0.1, -0.05) is 24.3 Å². The number of nitrogens with zero attached hydrogens (tertiary/aromatic N) is 3. The average Bonchev–Trinajstić information content (AvgIpc) is 3.45. The van der Waals surface area contributed by atoms with Gasteiger partial charge >= 0.3 is 0 Å². The van der Waals surface area contributed by atoms with Gasteiger partial charge in [-0.05, 0) is 60.7 Å². The first kappa shape index (κ1) is 19.9. The van der Waals surface area contributed by atoms with Gasteiger partial charge in [-0.15, -0.1) is 0 Å². The van der Waals surface area contributed by atoms with Crippen molar-refractivity contribution in [2.45, 2.75) is 12.1 Å². The molecule has 0 bridgehead atoms. The first-order valence-electron chi connectivity index (χ1n) is 10.0. The molecular weight excluding hydrogens is 424 g/mol. The standard InChI is InChI=1S/C24H18N4O3S/c29-28(30)18-11-9-16(10-12-18)20-13-14-21(31-20)23-22(19-8-4-5-15-25-19)26-24(32)27(23)17-6-2-1-3-7-17/h1-15,22-23H,(H,26,32)/t22-,23+/m1/s1. The number of hydrogen-bond donors (Lipinski definition) is 1. The van der Waals surface area contributed by atoms with Crippen LogP contribution in [0.15, 0.2) is 95.5 Å². The minimum Gasteiger partial charge on any atom is -0.459 e. The van der Waals surface area contributed by atoms with Crippen molar-refractivity contribution < 1.29 is 9.34 Å². The van der Waals surface area contributed by atoms with E-state index in [1.54, 1.807) is 18.3 Å². The van der Waals surface area contributed by atoms with E-state index in [0.717, 1.165) is 16.9 Å². The number of benzene rings is 2. The molecule has 3 heterocycles. The van der Waals surface area contributed by atoms with E-state index >= 15 is 0 Å². The van der Waals surface area contributed by atoms with Crippen molar-refractivity contribution in [1.82, 2.24) is 10.3 Å². The smallest absolute Gasteiger partial charge is 0.269 e. The fourth-order valence-electron chi connectivity index (χ4n) is 3.92. The lowest BCUT2D eigenvalue weighted by atomic mass is 10.0. The monoisotopic (exact) mass is 442 g/mol. The maximum Gasteiger partial charge on any atom is 0.269 e. The predicted octanol–water partition coefficient (Wildman–Crippen LogP) is 5.43. The summed E-state index contributed by atoms with van der Waals surface area (Å²) >= 11 is 5.70. The fraction of sp³-hybridized carbons (Fsp3) is 0.0833. The molecule has 2 aromatic carbocycles. The summed E-state index contributed by atoms with van der Waals surface area (Å²) in [5.41, 5.74) is 2.60. The fourth-order valence-corrected chi connectivity index (χ4v) is 4.27. The molecule has 1 aliphatic heterocycles. The minimum atomic E-state index is -0.419. The van der Waals surface area contributed by atoms with Gasteiger partial charge in [0.25, 0.3) is 5.69 Å². The van der Waals surface area contributed by atoms with Crippen LogP contribution in [0.4, 0.5) is 11.4 Å². The molecule has 0 unspecified atom stereocenters. The number of nitrogens with one attached hydrogen (secondary N) is 1. The molecular formula is C24H18N4O3S. The van der Waals surface area contributed by atoms with E-state index in [9.17, 15) is 10.1 Å². The molecule has 0 aliphatic carbocycles. The molecule has 158 valence electrons. The Morgan fingerprint density at radius 3 is 2.41 bits per heavy atom. The summed E-state index contributed by atoms with van der Waals surface area (Å²) in [7, 11) is 0. The van der Waals surface area contributed by atoms with Crippen molar-refractivity contribution in [3.8, 4) is 11.3 Å². The minimum absolute atomic E-state index is 0.0383. The average molecular weight is 443 g/mol. The predicted molar refractivity (Wildman–Crippen MR) is 125 cm³/mol. The van der Waals surface area contributed by atoms with Crippen LogP contribution in [0.3, 0.4) is 0 Å². The summed E-state index contributed by atoms with van der Waals surface area (Å²) in [5.74, 6) is 1.34. The van der Waals surface area contributed by atoms with Crippen molar-refractivity contribution in [1.29, 1.82) is 0 Å². The Labute approximate surface area is 189 Å². The largest absolute Gasteiger partial charge is 0.459 e. The van der Waals surface area contributed by atoms with Crippen LogP contribution in [0.5, 0.6) is 0 Å². The summed E-state index contributed by atoms with van der Waals surface area (Å²) in [6.07, 6.45) is 1.76. The number of furan rings is 1. The lowest BCUT2D eigenvalue weighted by Gasteiger charge is -2.26. The van der Waals surface area contributed by atoms with Gasteiger partial charge in [0.15, 0.2) is 5.11 Å². The number of non-ortho nitro benzene ring substituents is 1. The number of nitro benzene ring substituents is 1. The van der Waals surface area contributed by atoms with Gasteiger partial charge in [0.05, 0.1) is 16.7 Å². The highest BCUT2D eigenvalue weighted by molar-refractivity contribution is 7.80. The van der Waals surface area contributed by atoms with Crippen LogP contribution in [0.25, 0.3) is 11.3 Å². The van der Waals surface area contributed by atoms with Crippen LogP contribution < -0.4 is 10.2 Å². The van der Waals surface area contributed by atoms with Crippen molar-refractivity contribution in [3.63, 3.8) is 0 Å². The van der Waals surface area contributed by atoms with E-state index in [4.69, 9.17) is 16.6 Å². The third-order valence-corrected chi connectivity index (χ3v) is 5.73. The zero-order chi connectivity index (χ0) is 22.1. The van der Waals surface area contributed by atoms with Crippen molar-refractivity contribution in [2.24, 2.45) is 0 Å². The molecule has 0 spiro atoms. The van der Waals surface area contributed by atoms with Gasteiger partial charge < -0.3 is 14.6 Å². The number of pyridine rings is 1. The van der Waals surface area contributed by atoms with Crippen LogP contribution in [0.2, 0.25) is 0 Å². The molecule has 2 atom stereocenters. The Morgan fingerprint density at radius 2 is 1.72 bits per heavy atom. The van der Waals surface area contributed by atoms with E-state index in [1.165, 1.54) is 12.1 Å². The molecule has 2 aromatic heterocycles. The number of anilines is 1. The number of hydrogen-bond acceptors (Lipinski definition) is 5. The number of aromatic nitrogens is 1. The SMILES string of the molecule is O=[N+]([O-])c1ccc(-c2ccc([C@H]3[C@@H](c4ccccn4)NC(=S)N3c3ccccc3)o2)cc1. The molecule has 4 aromatic rings. The molecule has 8 heteroatoms. The summed E-state index contributed by atoms with van der Waals surface area (Å²) < 4.78 is 6.27. The topological polar surface area (TPSA) is 84.4 Å².